The molecule has 0 aliphatic heterocycles. The van der Waals surface area contributed by atoms with Gasteiger partial charge in [0.15, 0.2) is 23.3 Å². The monoisotopic (exact) mass is 645 g/mol. The molecule has 3 N–H and O–H groups in total. The van der Waals surface area contributed by atoms with Crippen LogP contribution in [-0.2, 0) is 9.59 Å². The first kappa shape index (κ1) is 44.2. The number of hydrogen-bond donors (Lipinski definition) is 3. The van der Waals surface area contributed by atoms with Crippen molar-refractivity contribution in [3.63, 3.8) is 0 Å². The average molecular weight is 645 g/mol. The number of hydrogen-bond acceptors (Lipinski definition) is 5. The lowest BCUT2D eigenvalue weighted by Crippen LogP contribution is -2.55. The van der Waals surface area contributed by atoms with Crippen molar-refractivity contribution in [3.8, 4) is 0 Å². The summed E-state index contributed by atoms with van der Waals surface area (Å²) in [6.07, 6.45) is 42.5. The molecule has 0 fully saturated rings. The van der Waals surface area contributed by atoms with Crippen LogP contribution >= 0.6 is 0 Å². The summed E-state index contributed by atoms with van der Waals surface area (Å²) in [5.41, 5.74) is -2.41. The maximum atomic E-state index is 12.7. The molecule has 5 nitrogen and oxygen atoms in total. The molecule has 0 spiro atoms. The Labute approximate surface area is 283 Å². The van der Waals surface area contributed by atoms with E-state index in [1.165, 1.54) is 96.3 Å². The molecule has 0 bridgehead atoms. The average Bonchev–Trinajstić information content (AvgIpc) is 3.06. The van der Waals surface area contributed by atoms with E-state index in [4.69, 9.17) is 0 Å². The van der Waals surface area contributed by atoms with Crippen molar-refractivity contribution in [2.24, 2.45) is 0 Å². The molecular weight excluding hydrogens is 572 g/mol. The van der Waals surface area contributed by atoms with Gasteiger partial charge in [-0.3, -0.25) is 9.59 Å². The standard InChI is InChI=1S/C41H72O5/c1-3-5-7-9-11-13-15-17-19-20-22-23-25-27-29-31-33-35-38(43)40(45)41(46,37-42)39(44)36-34-32-30-28-26-24-21-18-16-14-12-10-8-6-4-2/h11,13,17,19,22-23,27,29,40,42,45-46H,3-10,12,14-16,18,20-21,24-26,28,30-37H2,1-2H3/b13-11-,19-17-,23-22-,29-27-. The van der Waals surface area contributed by atoms with Gasteiger partial charge in [0, 0.05) is 12.8 Å². The molecule has 266 valence electrons. The topological polar surface area (TPSA) is 94.8 Å². The molecule has 2 unspecified atom stereocenters. The van der Waals surface area contributed by atoms with E-state index >= 15 is 0 Å². The number of rotatable bonds is 34. The number of ketones is 2. The summed E-state index contributed by atoms with van der Waals surface area (Å²) < 4.78 is 0. The van der Waals surface area contributed by atoms with Gasteiger partial charge >= 0.3 is 0 Å². The van der Waals surface area contributed by atoms with Crippen molar-refractivity contribution >= 4 is 11.6 Å². The highest BCUT2D eigenvalue weighted by molar-refractivity contribution is 5.96. The summed E-state index contributed by atoms with van der Waals surface area (Å²) >= 11 is 0. The second-order valence-electron chi connectivity index (χ2n) is 13.1. The van der Waals surface area contributed by atoms with Crippen molar-refractivity contribution in [2.45, 2.75) is 192 Å². The minimum Gasteiger partial charge on any atom is -0.393 e. The third-order valence-corrected chi connectivity index (χ3v) is 8.74. The zero-order valence-electron chi connectivity index (χ0n) is 29.9. The number of carbonyl (C=O) groups excluding carboxylic acids is 2. The van der Waals surface area contributed by atoms with E-state index in [1.807, 2.05) is 12.2 Å². The van der Waals surface area contributed by atoms with Gasteiger partial charge in [0.2, 0.25) is 0 Å². The van der Waals surface area contributed by atoms with Gasteiger partial charge in [-0.25, -0.2) is 0 Å². The van der Waals surface area contributed by atoms with E-state index in [1.54, 1.807) is 0 Å². The largest absolute Gasteiger partial charge is 0.393 e. The summed E-state index contributed by atoms with van der Waals surface area (Å²) in [6.45, 7) is 3.53. The van der Waals surface area contributed by atoms with Crippen LogP contribution in [0.15, 0.2) is 48.6 Å². The molecule has 0 heterocycles. The van der Waals surface area contributed by atoms with Crippen LogP contribution in [0.25, 0.3) is 0 Å². The van der Waals surface area contributed by atoms with Crippen molar-refractivity contribution in [3.05, 3.63) is 48.6 Å². The first-order valence-corrected chi connectivity index (χ1v) is 19.1. The van der Waals surface area contributed by atoms with Crippen LogP contribution in [0.5, 0.6) is 0 Å². The lowest BCUT2D eigenvalue weighted by atomic mass is 9.86. The second kappa shape index (κ2) is 33.1. The smallest absolute Gasteiger partial charge is 0.178 e. The molecule has 46 heavy (non-hydrogen) atoms. The zero-order chi connectivity index (χ0) is 34.0. The summed E-state index contributed by atoms with van der Waals surface area (Å²) in [5.74, 6) is -1.25. The van der Waals surface area contributed by atoms with Crippen LogP contribution in [0.4, 0.5) is 0 Å². The predicted octanol–water partition coefficient (Wildman–Crippen LogP) is 10.6. The van der Waals surface area contributed by atoms with E-state index < -0.39 is 29.9 Å². The minimum absolute atomic E-state index is 0.0493. The summed E-state index contributed by atoms with van der Waals surface area (Å²) in [6, 6.07) is 0. The Morgan fingerprint density at radius 3 is 1.33 bits per heavy atom. The first-order valence-electron chi connectivity index (χ1n) is 19.1. The van der Waals surface area contributed by atoms with E-state index in [0.717, 1.165) is 38.5 Å². The van der Waals surface area contributed by atoms with Gasteiger partial charge in [0.25, 0.3) is 0 Å². The van der Waals surface area contributed by atoms with E-state index in [0.29, 0.717) is 19.3 Å². The number of aliphatic hydroxyl groups is 3. The van der Waals surface area contributed by atoms with Crippen LogP contribution in [-0.4, -0.2) is 45.2 Å². The van der Waals surface area contributed by atoms with Gasteiger partial charge < -0.3 is 15.3 Å². The lowest BCUT2D eigenvalue weighted by Gasteiger charge is -2.28. The molecule has 0 saturated heterocycles. The van der Waals surface area contributed by atoms with Crippen LogP contribution in [0.1, 0.15) is 181 Å². The van der Waals surface area contributed by atoms with Crippen LogP contribution in [0, 0.1) is 0 Å². The second-order valence-corrected chi connectivity index (χ2v) is 13.1. The Morgan fingerprint density at radius 2 is 0.891 bits per heavy atom. The van der Waals surface area contributed by atoms with Crippen LogP contribution in [0.2, 0.25) is 0 Å². The van der Waals surface area contributed by atoms with E-state index in [-0.39, 0.29) is 12.8 Å². The van der Waals surface area contributed by atoms with Crippen LogP contribution in [0.3, 0.4) is 0 Å². The highest BCUT2D eigenvalue weighted by Crippen LogP contribution is 2.20. The summed E-state index contributed by atoms with van der Waals surface area (Å²) in [4.78, 5) is 25.2. The molecular formula is C41H72O5. The van der Waals surface area contributed by atoms with Gasteiger partial charge in [-0.15, -0.1) is 0 Å². The Hall–Kier alpha value is -1.82. The minimum atomic E-state index is -2.41. The van der Waals surface area contributed by atoms with Gasteiger partial charge in [-0.1, -0.05) is 165 Å². The molecule has 0 saturated carbocycles. The maximum Gasteiger partial charge on any atom is 0.178 e. The highest BCUT2D eigenvalue weighted by atomic mass is 16.4. The first-order chi connectivity index (χ1) is 22.4. The molecule has 0 amide bonds. The van der Waals surface area contributed by atoms with E-state index in [2.05, 4.69) is 50.3 Å². The number of Topliss-reactive ketones (excluding diaryl/α,β-unsaturated/α-hetero) is 2. The third-order valence-electron chi connectivity index (χ3n) is 8.74. The van der Waals surface area contributed by atoms with Crippen LogP contribution < -0.4 is 0 Å². The molecule has 0 aromatic rings. The molecule has 0 aliphatic carbocycles. The maximum absolute atomic E-state index is 12.7. The lowest BCUT2D eigenvalue weighted by molar-refractivity contribution is -0.165. The fourth-order valence-electron chi connectivity index (χ4n) is 5.56. The number of unbranched alkanes of at least 4 members (excludes halogenated alkanes) is 18. The third kappa shape index (κ3) is 25.3. The van der Waals surface area contributed by atoms with E-state index in [9.17, 15) is 24.9 Å². The Balaban J connectivity index is 3.97. The molecule has 0 radical (unpaired) electrons. The van der Waals surface area contributed by atoms with Crippen molar-refractivity contribution in [1.29, 1.82) is 0 Å². The molecule has 0 aromatic heterocycles. The fraction of sp³-hybridized carbons (Fsp3) is 0.756. The number of carbonyl (C=O) groups is 2. The van der Waals surface area contributed by atoms with Gasteiger partial charge in [0.1, 0.15) is 0 Å². The predicted molar refractivity (Wildman–Crippen MR) is 196 cm³/mol. The highest BCUT2D eigenvalue weighted by Gasteiger charge is 2.45. The molecule has 0 aliphatic rings. The van der Waals surface area contributed by atoms with Gasteiger partial charge in [0.05, 0.1) is 6.61 Å². The SMILES string of the molecule is CCCCC/C=C\C/C=C\C/C=C\C/C=C\CCCC(=O)C(O)C(O)(CO)C(=O)CCCCCCCCCCCCCCCCC. The number of aliphatic hydroxyl groups excluding tert-OH is 2. The fourth-order valence-corrected chi connectivity index (χ4v) is 5.56. The van der Waals surface area contributed by atoms with Crippen molar-refractivity contribution in [1.82, 2.24) is 0 Å². The van der Waals surface area contributed by atoms with Crippen molar-refractivity contribution < 1.29 is 24.9 Å². The Bertz CT molecular complexity index is 827. The molecule has 0 rings (SSSR count). The summed E-state index contributed by atoms with van der Waals surface area (Å²) in [7, 11) is 0. The van der Waals surface area contributed by atoms with Gasteiger partial charge in [-0.2, -0.15) is 0 Å². The number of allylic oxidation sites excluding steroid dienone is 8. The molecule has 5 heteroatoms. The molecule has 0 aromatic carbocycles. The normalized spacial score (nSPS) is 14.3. The van der Waals surface area contributed by atoms with Gasteiger partial charge in [-0.05, 0) is 51.4 Å². The Kier molecular flexibility index (Phi) is 31.8. The van der Waals surface area contributed by atoms with Crippen molar-refractivity contribution in [2.75, 3.05) is 6.61 Å². The quantitative estimate of drug-likeness (QED) is 0.0478. The molecule has 2 atom stereocenters. The Morgan fingerprint density at radius 1 is 0.522 bits per heavy atom. The summed E-state index contributed by atoms with van der Waals surface area (Å²) in [5, 5.41) is 30.9. The zero-order valence-corrected chi connectivity index (χ0v) is 29.9.